The van der Waals surface area contributed by atoms with E-state index >= 15 is 0 Å². The highest BCUT2D eigenvalue weighted by molar-refractivity contribution is 8.02. The molecule has 0 aliphatic carbocycles. The number of amides is 2. The fourth-order valence-electron chi connectivity index (χ4n) is 5.60. The summed E-state index contributed by atoms with van der Waals surface area (Å²) >= 11 is 1.53. The van der Waals surface area contributed by atoms with Crippen LogP contribution in [0.2, 0.25) is 0 Å². The van der Waals surface area contributed by atoms with E-state index in [1.54, 1.807) is 9.80 Å². The monoisotopic (exact) mass is 448 g/mol. The average molecular weight is 449 g/mol. The van der Waals surface area contributed by atoms with Crippen LogP contribution in [0.25, 0.3) is 0 Å². The summed E-state index contributed by atoms with van der Waals surface area (Å²) in [6.07, 6.45) is 8.31. The summed E-state index contributed by atoms with van der Waals surface area (Å²) in [7, 11) is 0. The highest BCUT2D eigenvalue weighted by Crippen LogP contribution is 2.61. The van der Waals surface area contributed by atoms with Crippen LogP contribution in [0.3, 0.4) is 0 Å². The number of carbonyl (C=O) groups excluding carboxylic acids is 3. The molecule has 7 nitrogen and oxygen atoms in total. The van der Waals surface area contributed by atoms with Crippen LogP contribution in [0.4, 0.5) is 0 Å². The van der Waals surface area contributed by atoms with E-state index in [9.17, 15) is 19.5 Å². The lowest BCUT2D eigenvalue weighted by Crippen LogP contribution is -2.57. The first-order valence-corrected chi connectivity index (χ1v) is 12.0. The van der Waals surface area contributed by atoms with E-state index < -0.39 is 28.7 Å². The molecule has 0 aromatic carbocycles. The molecular formula is C23H32N2O5S. The summed E-state index contributed by atoms with van der Waals surface area (Å²) in [4.78, 5) is 44.1. The predicted molar refractivity (Wildman–Crippen MR) is 118 cm³/mol. The second kappa shape index (κ2) is 8.28. The average Bonchev–Trinajstić information content (AvgIpc) is 3.00. The molecule has 0 saturated carbocycles. The SMILES string of the molecule is CC(C)C[C@H](CO)N1C(=O)[C@@H]2[C@@H]3C(=O)OCC=C[C@@H]3S[C@@]23C=CCN(C(C)C)C(=O)C13. The molecular weight excluding hydrogens is 416 g/mol. The van der Waals surface area contributed by atoms with Gasteiger partial charge in [0.15, 0.2) is 0 Å². The van der Waals surface area contributed by atoms with Crippen molar-refractivity contribution in [3.05, 3.63) is 24.3 Å². The zero-order valence-corrected chi connectivity index (χ0v) is 19.4. The predicted octanol–water partition coefficient (Wildman–Crippen LogP) is 1.61. The van der Waals surface area contributed by atoms with Crippen LogP contribution in [0.5, 0.6) is 0 Å². The fraction of sp³-hybridized carbons (Fsp3) is 0.696. The van der Waals surface area contributed by atoms with E-state index in [4.69, 9.17) is 4.74 Å². The third-order valence-corrected chi connectivity index (χ3v) is 8.60. The molecule has 8 heteroatoms. The number of thioether (sulfide) groups is 1. The van der Waals surface area contributed by atoms with Gasteiger partial charge in [0.25, 0.3) is 0 Å². The van der Waals surface area contributed by atoms with Crippen molar-refractivity contribution in [3.8, 4) is 0 Å². The Bertz CT molecular complexity index is 825. The number of fused-ring (bicyclic) bond motifs is 2. The topological polar surface area (TPSA) is 87.2 Å². The summed E-state index contributed by atoms with van der Waals surface area (Å²) in [5.74, 6) is -1.79. The first-order chi connectivity index (χ1) is 14.7. The molecule has 4 aliphatic rings. The van der Waals surface area contributed by atoms with Gasteiger partial charge in [-0.25, -0.2) is 0 Å². The summed E-state index contributed by atoms with van der Waals surface area (Å²) in [5.41, 5.74) is 0. The van der Waals surface area contributed by atoms with Gasteiger partial charge in [0.1, 0.15) is 12.6 Å². The Morgan fingerprint density at radius 3 is 2.58 bits per heavy atom. The van der Waals surface area contributed by atoms with Crippen LogP contribution in [0, 0.1) is 17.8 Å². The van der Waals surface area contributed by atoms with Crippen molar-refractivity contribution in [3.63, 3.8) is 0 Å². The summed E-state index contributed by atoms with van der Waals surface area (Å²) < 4.78 is 4.53. The van der Waals surface area contributed by atoms with Crippen molar-refractivity contribution < 1.29 is 24.2 Å². The third-order valence-electron chi connectivity index (χ3n) is 6.85. The highest BCUT2D eigenvalue weighted by atomic mass is 32.2. The molecule has 0 aromatic heterocycles. The van der Waals surface area contributed by atoms with Gasteiger partial charge < -0.3 is 19.6 Å². The van der Waals surface area contributed by atoms with Gasteiger partial charge in [-0.2, -0.15) is 0 Å². The lowest BCUT2D eigenvalue weighted by atomic mass is 9.78. The van der Waals surface area contributed by atoms with Crippen molar-refractivity contribution in [1.82, 2.24) is 9.80 Å². The Morgan fingerprint density at radius 1 is 1.19 bits per heavy atom. The number of nitrogens with zero attached hydrogens (tertiary/aromatic N) is 2. The molecule has 2 amide bonds. The molecule has 6 atom stereocenters. The maximum absolute atomic E-state index is 13.9. The molecule has 4 heterocycles. The van der Waals surface area contributed by atoms with Crippen LogP contribution in [-0.4, -0.2) is 80.6 Å². The standard InChI is InChI=1S/C23H32N2O5S/c1-13(2)11-15(12-26)25-19-21(28)24(14(3)4)9-6-8-23(19)18(20(25)27)17-16(31-23)7-5-10-30-22(17)29/h5-8,13-19,26H,9-12H2,1-4H3/t15-,16+,17-,18+,19?,23+/m1/s1. The molecule has 1 unspecified atom stereocenters. The van der Waals surface area contributed by atoms with Gasteiger partial charge in [0.2, 0.25) is 11.8 Å². The quantitative estimate of drug-likeness (QED) is 0.508. The summed E-state index contributed by atoms with van der Waals surface area (Å²) in [6.45, 7) is 8.45. The molecule has 0 aromatic rings. The van der Waals surface area contributed by atoms with Gasteiger partial charge >= 0.3 is 5.97 Å². The van der Waals surface area contributed by atoms with Crippen LogP contribution < -0.4 is 0 Å². The number of hydrogen-bond donors (Lipinski definition) is 1. The first kappa shape index (κ1) is 22.4. The lowest BCUT2D eigenvalue weighted by molar-refractivity contribution is -0.152. The third kappa shape index (κ3) is 3.42. The maximum Gasteiger partial charge on any atom is 0.311 e. The van der Waals surface area contributed by atoms with Crippen LogP contribution in [0.15, 0.2) is 24.3 Å². The Kier molecular flexibility index (Phi) is 5.98. The molecule has 0 bridgehead atoms. The molecule has 4 aliphatic heterocycles. The largest absolute Gasteiger partial charge is 0.461 e. The smallest absolute Gasteiger partial charge is 0.311 e. The van der Waals surface area contributed by atoms with E-state index in [1.165, 1.54) is 11.8 Å². The second-order valence-corrected chi connectivity index (χ2v) is 11.1. The lowest BCUT2D eigenvalue weighted by Gasteiger charge is -2.39. The number of rotatable bonds is 5. The molecule has 1 N–H and O–H groups in total. The van der Waals surface area contributed by atoms with Gasteiger partial charge in [-0.15, -0.1) is 11.8 Å². The van der Waals surface area contributed by atoms with Gasteiger partial charge in [-0.3, -0.25) is 14.4 Å². The first-order valence-electron chi connectivity index (χ1n) is 11.1. The van der Waals surface area contributed by atoms with Crippen molar-refractivity contribution in [2.45, 2.75) is 62.2 Å². The number of ether oxygens (including phenoxy) is 1. The molecule has 2 fully saturated rings. The minimum absolute atomic E-state index is 0.0253. The van der Waals surface area contributed by atoms with E-state index in [0.29, 0.717) is 13.0 Å². The molecule has 170 valence electrons. The highest BCUT2D eigenvalue weighted by Gasteiger charge is 2.71. The van der Waals surface area contributed by atoms with E-state index in [1.807, 2.05) is 52.0 Å². The number of aliphatic hydroxyl groups excluding tert-OH is 1. The zero-order valence-electron chi connectivity index (χ0n) is 18.6. The van der Waals surface area contributed by atoms with Crippen LogP contribution >= 0.6 is 11.8 Å². The fourth-order valence-corrected chi connectivity index (χ4v) is 7.59. The Morgan fingerprint density at radius 2 is 1.94 bits per heavy atom. The number of esters is 1. The van der Waals surface area contributed by atoms with Crippen molar-refractivity contribution in [2.75, 3.05) is 19.8 Å². The Balaban J connectivity index is 1.86. The van der Waals surface area contributed by atoms with Crippen molar-refractivity contribution in [2.24, 2.45) is 17.8 Å². The number of likely N-dealkylation sites (tertiary alicyclic amines) is 1. The molecule has 31 heavy (non-hydrogen) atoms. The maximum atomic E-state index is 13.9. The van der Waals surface area contributed by atoms with Crippen LogP contribution in [0.1, 0.15) is 34.1 Å². The summed E-state index contributed by atoms with van der Waals surface area (Å²) in [6, 6.07) is -1.25. The second-order valence-electron chi connectivity index (χ2n) is 9.60. The minimum Gasteiger partial charge on any atom is -0.461 e. The van der Waals surface area contributed by atoms with Crippen molar-refractivity contribution in [1.29, 1.82) is 0 Å². The molecule has 4 rings (SSSR count). The van der Waals surface area contributed by atoms with Gasteiger partial charge in [0, 0.05) is 17.8 Å². The van der Waals surface area contributed by atoms with Gasteiger partial charge in [-0.1, -0.05) is 38.2 Å². The van der Waals surface area contributed by atoms with Crippen LogP contribution in [-0.2, 0) is 19.1 Å². The number of aliphatic hydroxyl groups is 1. The number of cyclic esters (lactones) is 1. The zero-order chi connectivity index (χ0) is 22.5. The van der Waals surface area contributed by atoms with Crippen molar-refractivity contribution >= 4 is 29.5 Å². The molecule has 2 saturated heterocycles. The Labute approximate surface area is 187 Å². The number of hydrogen-bond acceptors (Lipinski definition) is 6. The van der Waals surface area contributed by atoms with E-state index in [0.717, 1.165) is 0 Å². The summed E-state index contributed by atoms with van der Waals surface area (Å²) in [5, 5.41) is 10.0. The van der Waals surface area contributed by atoms with Gasteiger partial charge in [-0.05, 0) is 26.2 Å². The molecule has 0 radical (unpaired) electrons. The number of carbonyl (C=O) groups is 3. The van der Waals surface area contributed by atoms with E-state index in [2.05, 4.69) is 0 Å². The Hall–Kier alpha value is -1.80. The van der Waals surface area contributed by atoms with E-state index in [-0.39, 0.29) is 48.2 Å². The molecule has 1 spiro atoms. The minimum atomic E-state index is -0.849. The van der Waals surface area contributed by atoms with Gasteiger partial charge in [0.05, 0.1) is 29.2 Å². The normalized spacial score (nSPS) is 35.8.